The average Bonchev–Trinajstić information content (AvgIpc) is 2.52. The quantitative estimate of drug-likeness (QED) is 0.686. The molecule has 1 unspecified atom stereocenters. The minimum absolute atomic E-state index is 0.691. The maximum absolute atomic E-state index is 5.54. The van der Waals surface area contributed by atoms with Crippen LogP contribution in [0.3, 0.4) is 0 Å². The fourth-order valence-electron chi connectivity index (χ4n) is 1.98. The van der Waals surface area contributed by atoms with E-state index in [-0.39, 0.29) is 0 Å². The van der Waals surface area contributed by atoms with Crippen LogP contribution in [-0.4, -0.2) is 55.1 Å². The topological polar surface area (TPSA) is 32.5 Å². The summed E-state index contributed by atoms with van der Waals surface area (Å²) in [6.07, 6.45) is 1.30. The van der Waals surface area contributed by atoms with Crippen molar-refractivity contribution in [3.63, 3.8) is 0 Å². The molecule has 1 atom stereocenters. The number of nitrogens with zero attached hydrogens (tertiary/aromatic N) is 2. The molecule has 0 aliphatic carbocycles. The molecule has 78 valence electrons. The highest BCUT2D eigenvalue weighted by atomic mass is 15.3. The monoisotopic (exact) mass is 185 g/mol. The third-order valence-corrected chi connectivity index (χ3v) is 3.03. The zero-order valence-corrected chi connectivity index (χ0v) is 9.16. The van der Waals surface area contributed by atoms with Crippen LogP contribution in [0, 0.1) is 0 Å². The minimum Gasteiger partial charge on any atom is -0.329 e. The van der Waals surface area contributed by atoms with Crippen molar-refractivity contribution < 1.29 is 0 Å². The van der Waals surface area contributed by atoms with Crippen LogP contribution in [0.1, 0.15) is 20.3 Å². The van der Waals surface area contributed by atoms with Gasteiger partial charge >= 0.3 is 0 Å². The van der Waals surface area contributed by atoms with Gasteiger partial charge in [0.15, 0.2) is 0 Å². The van der Waals surface area contributed by atoms with Gasteiger partial charge in [-0.15, -0.1) is 0 Å². The number of likely N-dealkylation sites (N-methyl/N-ethyl adjacent to an activating group) is 1. The van der Waals surface area contributed by atoms with E-state index < -0.39 is 0 Å². The van der Waals surface area contributed by atoms with Gasteiger partial charge in [-0.3, -0.25) is 4.90 Å². The summed E-state index contributed by atoms with van der Waals surface area (Å²) in [5.41, 5.74) is 5.54. The Morgan fingerprint density at radius 3 is 2.69 bits per heavy atom. The summed E-state index contributed by atoms with van der Waals surface area (Å²) in [5, 5.41) is 0. The summed E-state index contributed by atoms with van der Waals surface area (Å²) in [5.74, 6) is 0. The number of rotatable bonds is 4. The Kier molecular flexibility index (Phi) is 4.16. The number of hydrogen-bond acceptors (Lipinski definition) is 3. The van der Waals surface area contributed by atoms with Crippen molar-refractivity contribution in [1.82, 2.24) is 9.80 Å². The van der Waals surface area contributed by atoms with Gasteiger partial charge < -0.3 is 10.6 Å². The van der Waals surface area contributed by atoms with Crippen molar-refractivity contribution in [2.45, 2.75) is 32.4 Å². The Labute approximate surface area is 81.9 Å². The molecular formula is C10H23N3. The predicted octanol–water partition coefficient (Wildman–Crippen LogP) is 0.360. The molecule has 0 radical (unpaired) electrons. The molecule has 0 saturated carbocycles. The molecule has 0 aromatic rings. The molecule has 1 aliphatic rings. The predicted molar refractivity (Wildman–Crippen MR) is 56.8 cm³/mol. The molecule has 0 amide bonds. The first kappa shape index (κ1) is 11.0. The Hall–Kier alpha value is -0.120. The van der Waals surface area contributed by atoms with E-state index in [1.165, 1.54) is 19.5 Å². The largest absolute Gasteiger partial charge is 0.329 e. The second-order valence-electron chi connectivity index (χ2n) is 4.30. The van der Waals surface area contributed by atoms with E-state index in [2.05, 4.69) is 30.7 Å². The zero-order valence-electron chi connectivity index (χ0n) is 9.16. The van der Waals surface area contributed by atoms with Crippen LogP contribution in [0.15, 0.2) is 0 Å². The second-order valence-corrected chi connectivity index (χ2v) is 4.30. The Balaban J connectivity index is 2.31. The molecule has 3 heteroatoms. The molecule has 0 aromatic heterocycles. The highest BCUT2D eigenvalue weighted by Crippen LogP contribution is 2.16. The number of nitrogens with two attached hydrogens (primary N) is 1. The Bertz CT molecular complexity index is 147. The molecule has 0 aromatic carbocycles. The number of likely N-dealkylation sites (tertiary alicyclic amines) is 1. The molecule has 13 heavy (non-hydrogen) atoms. The van der Waals surface area contributed by atoms with Gasteiger partial charge in [0.25, 0.3) is 0 Å². The molecule has 1 heterocycles. The molecule has 3 nitrogen and oxygen atoms in total. The molecule has 1 saturated heterocycles. The van der Waals surface area contributed by atoms with E-state index in [1.54, 1.807) is 0 Å². The third kappa shape index (κ3) is 2.93. The molecule has 0 bridgehead atoms. The molecule has 1 rings (SSSR count). The Morgan fingerprint density at radius 2 is 2.23 bits per heavy atom. The van der Waals surface area contributed by atoms with E-state index in [9.17, 15) is 0 Å². The van der Waals surface area contributed by atoms with Crippen LogP contribution in [0.5, 0.6) is 0 Å². The summed E-state index contributed by atoms with van der Waals surface area (Å²) in [7, 11) is 2.18. The van der Waals surface area contributed by atoms with Crippen molar-refractivity contribution in [2.75, 3.05) is 33.2 Å². The number of hydrogen-bond donors (Lipinski definition) is 1. The van der Waals surface area contributed by atoms with Crippen LogP contribution >= 0.6 is 0 Å². The van der Waals surface area contributed by atoms with Gasteiger partial charge in [0.1, 0.15) is 0 Å². The van der Waals surface area contributed by atoms with E-state index in [0.717, 1.165) is 19.1 Å². The fourth-order valence-corrected chi connectivity index (χ4v) is 1.98. The van der Waals surface area contributed by atoms with Crippen LogP contribution in [-0.2, 0) is 0 Å². The van der Waals surface area contributed by atoms with Crippen LogP contribution in [0.2, 0.25) is 0 Å². The highest BCUT2D eigenvalue weighted by molar-refractivity contribution is 4.83. The summed E-state index contributed by atoms with van der Waals surface area (Å²) >= 11 is 0. The van der Waals surface area contributed by atoms with Crippen molar-refractivity contribution in [3.05, 3.63) is 0 Å². The van der Waals surface area contributed by atoms with Crippen LogP contribution < -0.4 is 5.73 Å². The molecular weight excluding hydrogens is 162 g/mol. The van der Waals surface area contributed by atoms with Crippen molar-refractivity contribution in [3.8, 4) is 0 Å². The van der Waals surface area contributed by atoms with Gasteiger partial charge in [0.05, 0.1) is 0 Å². The van der Waals surface area contributed by atoms with Crippen molar-refractivity contribution in [2.24, 2.45) is 5.73 Å². The zero-order chi connectivity index (χ0) is 9.84. The lowest BCUT2D eigenvalue weighted by Gasteiger charge is -2.25. The second kappa shape index (κ2) is 4.94. The van der Waals surface area contributed by atoms with Gasteiger partial charge in [-0.05, 0) is 27.3 Å². The van der Waals surface area contributed by atoms with Gasteiger partial charge in [-0.1, -0.05) is 0 Å². The standard InChI is InChI=1S/C10H23N3/c1-9(2)13-6-4-10(8-13)12(3)7-5-11/h9-10H,4-8,11H2,1-3H3. The normalized spacial score (nSPS) is 24.9. The maximum atomic E-state index is 5.54. The smallest absolute Gasteiger partial charge is 0.0232 e. The first-order chi connectivity index (χ1) is 6.15. The lowest BCUT2D eigenvalue weighted by molar-refractivity contribution is 0.217. The van der Waals surface area contributed by atoms with Gasteiger partial charge in [-0.2, -0.15) is 0 Å². The average molecular weight is 185 g/mol. The molecule has 1 fully saturated rings. The first-order valence-electron chi connectivity index (χ1n) is 5.29. The van der Waals surface area contributed by atoms with Crippen molar-refractivity contribution >= 4 is 0 Å². The van der Waals surface area contributed by atoms with Crippen LogP contribution in [0.4, 0.5) is 0 Å². The summed E-state index contributed by atoms with van der Waals surface area (Å²) in [4.78, 5) is 4.93. The Morgan fingerprint density at radius 1 is 1.54 bits per heavy atom. The third-order valence-electron chi connectivity index (χ3n) is 3.03. The molecule has 0 spiro atoms. The first-order valence-corrected chi connectivity index (χ1v) is 5.29. The van der Waals surface area contributed by atoms with Crippen LogP contribution in [0.25, 0.3) is 0 Å². The highest BCUT2D eigenvalue weighted by Gasteiger charge is 2.26. The summed E-state index contributed by atoms with van der Waals surface area (Å²) in [6.45, 7) is 8.80. The van der Waals surface area contributed by atoms with Gasteiger partial charge in [0, 0.05) is 38.3 Å². The van der Waals surface area contributed by atoms with Crippen molar-refractivity contribution in [1.29, 1.82) is 0 Å². The van der Waals surface area contributed by atoms with E-state index >= 15 is 0 Å². The maximum Gasteiger partial charge on any atom is 0.0232 e. The van der Waals surface area contributed by atoms with Gasteiger partial charge in [-0.25, -0.2) is 0 Å². The van der Waals surface area contributed by atoms with E-state index in [4.69, 9.17) is 5.73 Å². The summed E-state index contributed by atoms with van der Waals surface area (Å²) < 4.78 is 0. The summed E-state index contributed by atoms with van der Waals surface area (Å²) in [6, 6.07) is 1.42. The van der Waals surface area contributed by atoms with Gasteiger partial charge in [0.2, 0.25) is 0 Å². The molecule has 2 N–H and O–H groups in total. The molecule has 1 aliphatic heterocycles. The minimum atomic E-state index is 0.691. The fraction of sp³-hybridized carbons (Fsp3) is 1.00. The SMILES string of the molecule is CC(C)N1CCC(N(C)CCN)C1. The lowest BCUT2D eigenvalue weighted by atomic mass is 10.2. The van der Waals surface area contributed by atoms with E-state index in [1.807, 2.05) is 0 Å². The van der Waals surface area contributed by atoms with E-state index in [0.29, 0.717) is 6.04 Å². The lowest BCUT2D eigenvalue weighted by Crippen LogP contribution is -2.38.